The van der Waals surface area contributed by atoms with Gasteiger partial charge in [-0.2, -0.15) is 0 Å². The van der Waals surface area contributed by atoms with Crippen LogP contribution in [0.1, 0.15) is 45.6 Å². The fourth-order valence-electron chi connectivity index (χ4n) is 3.80. The van der Waals surface area contributed by atoms with Crippen LogP contribution in [0, 0.1) is 17.7 Å². The summed E-state index contributed by atoms with van der Waals surface area (Å²) in [5.74, 6) is 1.58. The van der Waals surface area contributed by atoms with Crippen LogP contribution in [0.4, 0.5) is 10.1 Å². The van der Waals surface area contributed by atoms with Crippen molar-refractivity contribution >= 4 is 5.69 Å². The molecule has 1 heterocycles. The number of nitrogens with one attached hydrogen (secondary N) is 1. The molecule has 0 radical (unpaired) electrons. The van der Waals surface area contributed by atoms with Gasteiger partial charge in [0.1, 0.15) is 5.82 Å². The number of anilines is 1. The molecule has 1 aromatic carbocycles. The Morgan fingerprint density at radius 1 is 1.19 bits per heavy atom. The fourth-order valence-corrected chi connectivity index (χ4v) is 3.80. The topological polar surface area (TPSA) is 15.3 Å². The van der Waals surface area contributed by atoms with Gasteiger partial charge in [-0.1, -0.05) is 6.42 Å². The molecule has 1 N–H and O–H groups in total. The number of hydrogen-bond acceptors (Lipinski definition) is 2. The molecular weight excluding hydrogens is 263 g/mol. The van der Waals surface area contributed by atoms with Gasteiger partial charge in [-0.15, -0.1) is 0 Å². The van der Waals surface area contributed by atoms with Crippen LogP contribution in [0.3, 0.4) is 0 Å². The van der Waals surface area contributed by atoms with Crippen molar-refractivity contribution in [2.75, 3.05) is 18.0 Å². The molecular formula is C18H27FN2. The quantitative estimate of drug-likeness (QED) is 0.906. The lowest BCUT2D eigenvalue weighted by atomic mass is 10.0. The molecule has 2 unspecified atom stereocenters. The lowest BCUT2D eigenvalue weighted by Crippen LogP contribution is -2.35. The van der Waals surface area contributed by atoms with Gasteiger partial charge in [0, 0.05) is 30.9 Å². The third kappa shape index (κ3) is 3.39. The number of nitrogens with zero attached hydrogens (tertiary/aromatic N) is 1. The lowest BCUT2D eigenvalue weighted by molar-refractivity contribution is 0.423. The summed E-state index contributed by atoms with van der Waals surface area (Å²) in [6.45, 7) is 9.46. The summed E-state index contributed by atoms with van der Waals surface area (Å²) in [5.41, 5.74) is 2.36. The highest BCUT2D eigenvalue weighted by molar-refractivity contribution is 5.55. The molecule has 0 amide bonds. The first kappa shape index (κ1) is 14.8. The van der Waals surface area contributed by atoms with Gasteiger partial charge in [-0.25, -0.2) is 4.39 Å². The van der Waals surface area contributed by atoms with Crippen LogP contribution < -0.4 is 10.2 Å². The van der Waals surface area contributed by atoms with Gasteiger partial charge in [-0.05, 0) is 69.2 Å². The van der Waals surface area contributed by atoms with E-state index < -0.39 is 0 Å². The molecule has 2 aliphatic rings. The average Bonchev–Trinajstić information content (AvgIpc) is 2.96. The Kier molecular flexibility index (Phi) is 3.96. The molecule has 1 aliphatic carbocycles. The van der Waals surface area contributed by atoms with Crippen LogP contribution in [-0.4, -0.2) is 18.6 Å². The Balaban J connectivity index is 1.78. The Hall–Kier alpha value is -1.09. The second-order valence-corrected chi connectivity index (χ2v) is 7.73. The molecule has 2 fully saturated rings. The Morgan fingerprint density at radius 2 is 1.86 bits per heavy atom. The van der Waals surface area contributed by atoms with Crippen molar-refractivity contribution in [2.24, 2.45) is 11.8 Å². The summed E-state index contributed by atoms with van der Waals surface area (Å²) in [4.78, 5) is 2.48. The molecule has 3 rings (SSSR count). The van der Waals surface area contributed by atoms with Crippen LogP contribution >= 0.6 is 0 Å². The van der Waals surface area contributed by atoms with E-state index in [0.717, 1.165) is 37.0 Å². The Labute approximate surface area is 127 Å². The minimum atomic E-state index is -0.135. The summed E-state index contributed by atoms with van der Waals surface area (Å²) in [7, 11) is 0. The standard InChI is InChI=1S/C18H27FN2/c1-18(2,3)20-10-15-9-16(19)7-8-17(15)21-11-13-5-4-6-14(13)12-21/h7-9,13-14,20H,4-6,10-12H2,1-3H3. The first-order valence-electron chi connectivity index (χ1n) is 8.21. The summed E-state index contributed by atoms with van der Waals surface area (Å²) in [6.07, 6.45) is 4.14. The summed E-state index contributed by atoms with van der Waals surface area (Å²) < 4.78 is 13.6. The van der Waals surface area contributed by atoms with E-state index in [1.54, 1.807) is 12.1 Å². The lowest BCUT2D eigenvalue weighted by Gasteiger charge is -2.26. The zero-order valence-electron chi connectivity index (χ0n) is 13.5. The highest BCUT2D eigenvalue weighted by Gasteiger charge is 2.36. The molecule has 0 aromatic heterocycles. The van der Waals surface area contributed by atoms with E-state index in [9.17, 15) is 4.39 Å². The molecule has 1 aromatic rings. The second-order valence-electron chi connectivity index (χ2n) is 7.73. The van der Waals surface area contributed by atoms with Gasteiger partial charge < -0.3 is 10.2 Å². The number of benzene rings is 1. The zero-order valence-corrected chi connectivity index (χ0v) is 13.5. The Bertz CT molecular complexity index is 494. The van der Waals surface area contributed by atoms with Crippen molar-refractivity contribution in [3.63, 3.8) is 0 Å². The van der Waals surface area contributed by atoms with Crippen LogP contribution in [0.15, 0.2) is 18.2 Å². The fraction of sp³-hybridized carbons (Fsp3) is 0.667. The van der Waals surface area contributed by atoms with Crippen LogP contribution in [-0.2, 0) is 6.54 Å². The van der Waals surface area contributed by atoms with E-state index in [1.165, 1.54) is 24.9 Å². The zero-order chi connectivity index (χ0) is 15.0. The van der Waals surface area contributed by atoms with E-state index in [1.807, 2.05) is 6.07 Å². The smallest absolute Gasteiger partial charge is 0.123 e. The molecule has 1 saturated carbocycles. The molecule has 21 heavy (non-hydrogen) atoms. The summed E-state index contributed by atoms with van der Waals surface area (Å²) >= 11 is 0. The normalized spacial score (nSPS) is 25.4. The van der Waals surface area contributed by atoms with E-state index in [4.69, 9.17) is 0 Å². The number of fused-ring (bicyclic) bond motifs is 1. The van der Waals surface area contributed by atoms with Crippen LogP contribution in [0.2, 0.25) is 0 Å². The summed E-state index contributed by atoms with van der Waals surface area (Å²) in [6, 6.07) is 5.27. The number of hydrogen-bond donors (Lipinski definition) is 1. The van der Waals surface area contributed by atoms with Gasteiger partial charge in [0.25, 0.3) is 0 Å². The van der Waals surface area contributed by atoms with E-state index in [-0.39, 0.29) is 11.4 Å². The van der Waals surface area contributed by atoms with Crippen molar-refractivity contribution in [3.8, 4) is 0 Å². The highest BCUT2D eigenvalue weighted by atomic mass is 19.1. The maximum absolute atomic E-state index is 13.6. The molecule has 0 spiro atoms. The van der Waals surface area contributed by atoms with Crippen molar-refractivity contribution in [2.45, 2.75) is 52.1 Å². The van der Waals surface area contributed by atoms with Crippen molar-refractivity contribution in [1.29, 1.82) is 0 Å². The molecule has 1 aliphatic heterocycles. The third-order valence-corrected chi connectivity index (χ3v) is 4.92. The molecule has 0 bridgehead atoms. The first-order chi connectivity index (χ1) is 9.92. The van der Waals surface area contributed by atoms with Crippen molar-refractivity contribution < 1.29 is 4.39 Å². The first-order valence-corrected chi connectivity index (χ1v) is 8.21. The predicted octanol–water partition coefficient (Wildman–Crippen LogP) is 3.95. The summed E-state index contributed by atoms with van der Waals surface area (Å²) in [5, 5.41) is 3.49. The van der Waals surface area contributed by atoms with Gasteiger partial charge in [0.2, 0.25) is 0 Å². The molecule has 2 atom stereocenters. The molecule has 116 valence electrons. The SMILES string of the molecule is CC(C)(C)NCc1cc(F)ccc1N1CC2CCCC2C1. The average molecular weight is 290 g/mol. The van der Waals surface area contributed by atoms with Crippen LogP contribution in [0.5, 0.6) is 0 Å². The van der Waals surface area contributed by atoms with E-state index in [2.05, 4.69) is 31.0 Å². The van der Waals surface area contributed by atoms with Crippen molar-refractivity contribution in [3.05, 3.63) is 29.6 Å². The largest absolute Gasteiger partial charge is 0.371 e. The van der Waals surface area contributed by atoms with Crippen molar-refractivity contribution in [1.82, 2.24) is 5.32 Å². The Morgan fingerprint density at radius 3 is 2.48 bits per heavy atom. The number of rotatable bonds is 3. The van der Waals surface area contributed by atoms with Crippen LogP contribution in [0.25, 0.3) is 0 Å². The molecule has 1 saturated heterocycles. The minimum absolute atomic E-state index is 0.0467. The molecule has 3 heteroatoms. The maximum atomic E-state index is 13.6. The maximum Gasteiger partial charge on any atom is 0.123 e. The van der Waals surface area contributed by atoms with E-state index >= 15 is 0 Å². The highest BCUT2D eigenvalue weighted by Crippen LogP contribution is 2.40. The van der Waals surface area contributed by atoms with Gasteiger partial charge in [0.05, 0.1) is 0 Å². The third-order valence-electron chi connectivity index (χ3n) is 4.92. The van der Waals surface area contributed by atoms with Gasteiger partial charge in [-0.3, -0.25) is 0 Å². The van der Waals surface area contributed by atoms with Gasteiger partial charge >= 0.3 is 0 Å². The van der Waals surface area contributed by atoms with Gasteiger partial charge in [0.15, 0.2) is 0 Å². The second kappa shape index (κ2) is 5.60. The number of halogens is 1. The monoisotopic (exact) mass is 290 g/mol. The molecule has 2 nitrogen and oxygen atoms in total. The predicted molar refractivity (Wildman–Crippen MR) is 86.0 cm³/mol. The van der Waals surface area contributed by atoms with E-state index in [0.29, 0.717) is 0 Å². The minimum Gasteiger partial charge on any atom is -0.371 e.